The summed E-state index contributed by atoms with van der Waals surface area (Å²) in [7, 11) is 1.74. The van der Waals surface area contributed by atoms with Crippen LogP contribution < -0.4 is 0 Å². The van der Waals surface area contributed by atoms with E-state index >= 15 is 0 Å². The van der Waals surface area contributed by atoms with Gasteiger partial charge in [0.15, 0.2) is 0 Å². The molecule has 0 spiro atoms. The van der Waals surface area contributed by atoms with Crippen LogP contribution in [0.1, 0.15) is 6.42 Å². The zero-order chi connectivity index (χ0) is 14.5. The predicted octanol–water partition coefficient (Wildman–Crippen LogP) is 0.987. The first-order chi connectivity index (χ1) is 8.81. The van der Waals surface area contributed by atoms with Crippen molar-refractivity contribution in [1.29, 1.82) is 0 Å². The highest BCUT2D eigenvalue weighted by Crippen LogP contribution is 2.19. The van der Waals surface area contributed by atoms with Gasteiger partial charge in [0, 0.05) is 19.2 Å². The fourth-order valence-electron chi connectivity index (χ4n) is 1.98. The zero-order valence-corrected chi connectivity index (χ0v) is 10.7. The Morgan fingerprint density at radius 3 is 2.74 bits per heavy atom. The van der Waals surface area contributed by atoms with Crippen LogP contribution in [0.5, 0.6) is 0 Å². The van der Waals surface area contributed by atoms with Crippen LogP contribution in [0, 0.1) is 5.92 Å². The van der Waals surface area contributed by atoms with Gasteiger partial charge < -0.3 is 19.5 Å². The molecule has 19 heavy (non-hydrogen) atoms. The maximum atomic E-state index is 11.8. The van der Waals surface area contributed by atoms with E-state index in [4.69, 9.17) is 9.84 Å². The molecule has 1 aliphatic rings. The number of carbonyl (C=O) groups is 1. The average Bonchev–Trinajstić information content (AvgIpc) is 2.75. The van der Waals surface area contributed by atoms with Crippen LogP contribution in [0.2, 0.25) is 0 Å². The second kappa shape index (κ2) is 7.06. The molecule has 1 N–H and O–H groups in total. The number of alkyl halides is 3. The normalized spacial score (nSPS) is 24.1. The molecule has 1 saturated heterocycles. The molecule has 0 saturated carbocycles. The predicted molar refractivity (Wildman–Crippen MR) is 59.9 cm³/mol. The van der Waals surface area contributed by atoms with Crippen molar-refractivity contribution in [2.24, 2.45) is 5.92 Å². The lowest BCUT2D eigenvalue weighted by molar-refractivity contribution is -0.174. The number of likely N-dealkylation sites (N-methyl/N-ethyl adjacent to an activating group) is 1. The number of aliphatic carboxylic acids is 1. The first-order valence-corrected chi connectivity index (χ1v) is 5.96. The molecule has 0 aromatic carbocycles. The van der Waals surface area contributed by atoms with E-state index in [-0.39, 0.29) is 19.3 Å². The summed E-state index contributed by atoms with van der Waals surface area (Å²) in [6.45, 7) is -0.280. The van der Waals surface area contributed by atoms with Crippen LogP contribution in [0.3, 0.4) is 0 Å². The van der Waals surface area contributed by atoms with E-state index in [0.717, 1.165) is 0 Å². The van der Waals surface area contributed by atoms with Crippen molar-refractivity contribution in [3.05, 3.63) is 0 Å². The topological polar surface area (TPSA) is 59.0 Å². The highest BCUT2D eigenvalue weighted by atomic mass is 19.4. The lowest BCUT2D eigenvalue weighted by Crippen LogP contribution is -2.41. The molecule has 112 valence electrons. The Labute approximate surface area is 109 Å². The molecule has 1 fully saturated rings. The van der Waals surface area contributed by atoms with Crippen molar-refractivity contribution in [3.63, 3.8) is 0 Å². The third-order valence-corrected chi connectivity index (χ3v) is 3.00. The number of halogens is 3. The van der Waals surface area contributed by atoms with Crippen molar-refractivity contribution in [2.75, 3.05) is 40.0 Å². The van der Waals surface area contributed by atoms with Crippen LogP contribution >= 0.6 is 0 Å². The van der Waals surface area contributed by atoms with Gasteiger partial charge in [0.05, 0.1) is 19.1 Å². The van der Waals surface area contributed by atoms with Gasteiger partial charge in [0.25, 0.3) is 0 Å². The van der Waals surface area contributed by atoms with Gasteiger partial charge in [-0.05, 0) is 13.5 Å². The van der Waals surface area contributed by atoms with Crippen LogP contribution in [-0.4, -0.2) is 68.2 Å². The Balaban J connectivity index is 2.20. The van der Waals surface area contributed by atoms with E-state index in [9.17, 15) is 18.0 Å². The van der Waals surface area contributed by atoms with Crippen molar-refractivity contribution in [2.45, 2.75) is 18.6 Å². The van der Waals surface area contributed by atoms with Crippen LogP contribution in [0.25, 0.3) is 0 Å². The summed E-state index contributed by atoms with van der Waals surface area (Å²) in [4.78, 5) is 12.7. The summed E-state index contributed by atoms with van der Waals surface area (Å²) in [6, 6.07) is -0.236. The minimum atomic E-state index is -4.31. The molecule has 2 atom stereocenters. The van der Waals surface area contributed by atoms with E-state index in [0.29, 0.717) is 19.6 Å². The van der Waals surface area contributed by atoms with Crippen molar-refractivity contribution in [3.8, 4) is 0 Å². The Hall–Kier alpha value is -0.860. The smallest absolute Gasteiger partial charge is 0.411 e. The van der Waals surface area contributed by atoms with E-state index < -0.39 is 24.7 Å². The fraction of sp³-hybridized carbons (Fsp3) is 0.909. The van der Waals surface area contributed by atoms with Gasteiger partial charge in [0.1, 0.15) is 6.61 Å². The van der Waals surface area contributed by atoms with Gasteiger partial charge in [-0.1, -0.05) is 0 Å². The molecule has 8 heteroatoms. The van der Waals surface area contributed by atoms with E-state index in [1.807, 2.05) is 0 Å². The van der Waals surface area contributed by atoms with E-state index in [1.54, 1.807) is 11.9 Å². The van der Waals surface area contributed by atoms with Gasteiger partial charge in [-0.15, -0.1) is 0 Å². The van der Waals surface area contributed by atoms with Crippen LogP contribution in [0.4, 0.5) is 13.2 Å². The van der Waals surface area contributed by atoms with Crippen molar-refractivity contribution in [1.82, 2.24) is 4.90 Å². The average molecular weight is 285 g/mol. The molecule has 0 amide bonds. The number of carboxylic acid groups (broad SMARTS) is 1. The maximum absolute atomic E-state index is 11.8. The van der Waals surface area contributed by atoms with E-state index in [2.05, 4.69) is 4.74 Å². The first kappa shape index (κ1) is 16.2. The SMILES string of the molecule is CN(CCCOCC(F)(F)F)C1COCC1C(=O)O. The number of hydrogen-bond donors (Lipinski definition) is 1. The summed E-state index contributed by atoms with van der Waals surface area (Å²) in [5, 5.41) is 8.98. The monoisotopic (exact) mass is 285 g/mol. The fourth-order valence-corrected chi connectivity index (χ4v) is 1.98. The first-order valence-electron chi connectivity index (χ1n) is 5.96. The molecule has 0 bridgehead atoms. The molecular weight excluding hydrogens is 267 g/mol. The number of nitrogens with zero attached hydrogens (tertiary/aromatic N) is 1. The summed E-state index contributed by atoms with van der Waals surface area (Å²) in [6.07, 6.45) is -3.89. The van der Waals surface area contributed by atoms with Crippen molar-refractivity contribution < 1.29 is 32.5 Å². The minimum Gasteiger partial charge on any atom is -0.481 e. The second-order valence-electron chi connectivity index (χ2n) is 4.55. The summed E-state index contributed by atoms with van der Waals surface area (Å²) in [5.41, 5.74) is 0. The Bertz CT molecular complexity index is 298. The number of ether oxygens (including phenoxy) is 2. The Morgan fingerprint density at radius 2 is 2.16 bits per heavy atom. The molecule has 1 rings (SSSR count). The van der Waals surface area contributed by atoms with Crippen LogP contribution in [0.15, 0.2) is 0 Å². The molecule has 1 aliphatic heterocycles. The minimum absolute atomic E-state index is 0.00480. The van der Waals surface area contributed by atoms with Gasteiger partial charge in [-0.2, -0.15) is 13.2 Å². The molecular formula is C11H18F3NO4. The Morgan fingerprint density at radius 1 is 1.47 bits per heavy atom. The lowest BCUT2D eigenvalue weighted by Gasteiger charge is -2.25. The Kier molecular flexibility index (Phi) is 6.02. The number of carboxylic acids is 1. The molecule has 0 aromatic heterocycles. The van der Waals surface area contributed by atoms with E-state index in [1.165, 1.54) is 0 Å². The third-order valence-electron chi connectivity index (χ3n) is 3.00. The third kappa shape index (κ3) is 5.75. The molecule has 0 radical (unpaired) electrons. The summed E-state index contributed by atoms with van der Waals surface area (Å²) in [5.74, 6) is -1.50. The van der Waals surface area contributed by atoms with Gasteiger partial charge >= 0.3 is 12.1 Å². The van der Waals surface area contributed by atoms with Gasteiger partial charge in [-0.3, -0.25) is 4.79 Å². The van der Waals surface area contributed by atoms with Gasteiger partial charge in [0.2, 0.25) is 0 Å². The quantitative estimate of drug-likeness (QED) is 0.707. The van der Waals surface area contributed by atoms with Crippen molar-refractivity contribution >= 4 is 5.97 Å². The molecule has 0 aliphatic carbocycles. The highest BCUT2D eigenvalue weighted by Gasteiger charge is 2.36. The number of hydrogen-bond acceptors (Lipinski definition) is 4. The second-order valence-corrected chi connectivity index (χ2v) is 4.55. The number of rotatable bonds is 7. The standard InChI is InChI=1S/C11H18F3NO4/c1-15(3-2-4-18-7-11(12,13)14)9-6-19-5-8(9)10(16)17/h8-9H,2-7H2,1H3,(H,16,17). The summed E-state index contributed by atoms with van der Waals surface area (Å²) < 4.78 is 45.0. The molecule has 1 heterocycles. The zero-order valence-electron chi connectivity index (χ0n) is 10.7. The highest BCUT2D eigenvalue weighted by molar-refractivity contribution is 5.71. The van der Waals surface area contributed by atoms with Gasteiger partial charge in [-0.25, -0.2) is 0 Å². The summed E-state index contributed by atoms with van der Waals surface area (Å²) >= 11 is 0. The molecule has 5 nitrogen and oxygen atoms in total. The van der Waals surface area contributed by atoms with Crippen LogP contribution in [-0.2, 0) is 14.3 Å². The largest absolute Gasteiger partial charge is 0.481 e. The lowest BCUT2D eigenvalue weighted by atomic mass is 10.0. The molecule has 2 unspecified atom stereocenters. The molecule has 0 aromatic rings. The maximum Gasteiger partial charge on any atom is 0.411 e.